The first-order valence-corrected chi connectivity index (χ1v) is 8.62. The van der Waals surface area contributed by atoms with Crippen LogP contribution in [0.5, 0.6) is 0 Å². The molecule has 0 aliphatic rings. The second kappa shape index (κ2) is 7.05. The second-order valence-corrected chi connectivity index (χ2v) is 6.06. The van der Waals surface area contributed by atoms with Gasteiger partial charge in [-0.2, -0.15) is 0 Å². The third kappa shape index (κ3) is 3.45. The van der Waals surface area contributed by atoms with Gasteiger partial charge in [0.15, 0.2) is 5.69 Å². The van der Waals surface area contributed by atoms with Crippen LogP contribution < -0.4 is 11.4 Å². The van der Waals surface area contributed by atoms with Crippen molar-refractivity contribution in [3.8, 4) is 16.9 Å². The molecule has 0 amide bonds. The number of nitrogens with two attached hydrogens (primary N) is 1. The summed E-state index contributed by atoms with van der Waals surface area (Å²) in [6, 6.07) is 16.5. The van der Waals surface area contributed by atoms with E-state index >= 15 is 0 Å². The van der Waals surface area contributed by atoms with Crippen LogP contribution >= 0.6 is 11.6 Å². The highest BCUT2D eigenvalue weighted by molar-refractivity contribution is 6.28. The van der Waals surface area contributed by atoms with Gasteiger partial charge in [-0.3, -0.25) is 0 Å². The summed E-state index contributed by atoms with van der Waals surface area (Å²) < 4.78 is 6.84. The highest BCUT2D eigenvalue weighted by Gasteiger charge is 2.11. The molecule has 134 valence electrons. The van der Waals surface area contributed by atoms with Gasteiger partial charge < -0.3 is 10.2 Å². The van der Waals surface area contributed by atoms with Crippen molar-refractivity contribution in [1.82, 2.24) is 15.0 Å². The van der Waals surface area contributed by atoms with Gasteiger partial charge in [0.05, 0.1) is 17.8 Å². The van der Waals surface area contributed by atoms with E-state index in [2.05, 4.69) is 15.3 Å². The summed E-state index contributed by atoms with van der Waals surface area (Å²) in [6.07, 6.45) is 1.69. The van der Waals surface area contributed by atoms with E-state index in [-0.39, 0.29) is 17.4 Å². The van der Waals surface area contributed by atoms with Crippen molar-refractivity contribution in [2.24, 2.45) is 10.7 Å². The topological polar surface area (TPSA) is 99.3 Å². The lowest BCUT2D eigenvalue weighted by molar-refractivity contribution is 0.550. The van der Waals surface area contributed by atoms with E-state index in [4.69, 9.17) is 21.8 Å². The van der Waals surface area contributed by atoms with Crippen LogP contribution in [0.3, 0.4) is 0 Å². The summed E-state index contributed by atoms with van der Waals surface area (Å²) in [7, 11) is 0. The van der Waals surface area contributed by atoms with Gasteiger partial charge in [0, 0.05) is 17.0 Å². The molecule has 0 atom stereocenters. The fourth-order valence-corrected chi connectivity index (χ4v) is 2.70. The molecule has 0 bridgehead atoms. The Morgan fingerprint density at radius 2 is 2.00 bits per heavy atom. The molecular formula is C19H14ClN5O2. The standard InChI is InChI=1S/C19H14ClN5O2/c20-10-18(21)22-14-7-6-13-8-16(19(26)27-17(13)9-14)25-11-15(23-24-25)12-4-2-1-3-5-12/h1-9,11H,10H2,(H2,21,22). The third-order valence-corrected chi connectivity index (χ3v) is 4.19. The fourth-order valence-electron chi connectivity index (χ4n) is 2.64. The van der Waals surface area contributed by atoms with Crippen molar-refractivity contribution in [2.75, 3.05) is 5.88 Å². The molecule has 2 aromatic carbocycles. The maximum absolute atomic E-state index is 12.4. The molecule has 0 radical (unpaired) electrons. The Labute approximate surface area is 158 Å². The average Bonchev–Trinajstić information content (AvgIpc) is 3.18. The number of rotatable bonds is 4. The number of nitrogens with zero attached hydrogens (tertiary/aromatic N) is 4. The number of hydrogen-bond acceptors (Lipinski definition) is 5. The number of alkyl halides is 1. The Kier molecular flexibility index (Phi) is 4.43. The molecule has 8 heteroatoms. The lowest BCUT2D eigenvalue weighted by Crippen LogP contribution is -2.12. The average molecular weight is 380 g/mol. The highest BCUT2D eigenvalue weighted by atomic mass is 35.5. The number of amidine groups is 1. The fraction of sp³-hybridized carbons (Fsp3) is 0.0526. The Hall–Kier alpha value is -3.45. The zero-order valence-corrected chi connectivity index (χ0v) is 14.8. The highest BCUT2D eigenvalue weighted by Crippen LogP contribution is 2.22. The van der Waals surface area contributed by atoms with Gasteiger partial charge in [-0.05, 0) is 18.2 Å². The van der Waals surface area contributed by atoms with E-state index in [0.717, 1.165) is 10.9 Å². The van der Waals surface area contributed by atoms with Gasteiger partial charge in [-0.15, -0.1) is 16.7 Å². The number of aliphatic imine (C=N–C) groups is 1. The van der Waals surface area contributed by atoms with Crippen LogP contribution in [-0.4, -0.2) is 26.7 Å². The zero-order valence-electron chi connectivity index (χ0n) is 14.0. The Bertz CT molecular complexity index is 1200. The molecule has 0 saturated carbocycles. The van der Waals surface area contributed by atoms with Crippen LogP contribution in [0.15, 0.2) is 75.0 Å². The zero-order chi connectivity index (χ0) is 18.8. The van der Waals surface area contributed by atoms with E-state index < -0.39 is 5.63 Å². The van der Waals surface area contributed by atoms with Crippen molar-refractivity contribution in [2.45, 2.75) is 0 Å². The van der Waals surface area contributed by atoms with Crippen LogP contribution in [0.1, 0.15) is 0 Å². The van der Waals surface area contributed by atoms with Crippen LogP contribution in [-0.2, 0) is 0 Å². The SMILES string of the molecule is NC(CCl)=Nc1ccc2cc(-n3cc(-c4ccccc4)nn3)c(=O)oc2c1. The maximum Gasteiger partial charge on any atom is 0.362 e. The first kappa shape index (κ1) is 17.0. The van der Waals surface area contributed by atoms with E-state index in [1.807, 2.05) is 30.3 Å². The summed E-state index contributed by atoms with van der Waals surface area (Å²) in [4.78, 5) is 16.6. The molecule has 7 nitrogen and oxygen atoms in total. The number of hydrogen-bond donors (Lipinski definition) is 1. The lowest BCUT2D eigenvalue weighted by atomic mass is 10.2. The maximum atomic E-state index is 12.4. The predicted molar refractivity (Wildman–Crippen MR) is 105 cm³/mol. The summed E-state index contributed by atoms with van der Waals surface area (Å²) in [6.45, 7) is 0. The molecule has 0 spiro atoms. The van der Waals surface area contributed by atoms with Gasteiger partial charge in [0.25, 0.3) is 0 Å². The molecule has 0 aliphatic heterocycles. The van der Waals surface area contributed by atoms with Gasteiger partial charge >= 0.3 is 5.63 Å². The molecule has 4 rings (SSSR count). The Morgan fingerprint density at radius 3 is 2.78 bits per heavy atom. The summed E-state index contributed by atoms with van der Waals surface area (Å²) >= 11 is 5.64. The molecular weight excluding hydrogens is 366 g/mol. The van der Waals surface area contributed by atoms with E-state index in [1.165, 1.54) is 4.68 Å². The van der Waals surface area contributed by atoms with Crippen molar-refractivity contribution < 1.29 is 4.42 Å². The molecule has 0 saturated heterocycles. The van der Waals surface area contributed by atoms with Crippen molar-refractivity contribution in [1.29, 1.82) is 0 Å². The third-order valence-electron chi connectivity index (χ3n) is 3.92. The molecule has 2 heterocycles. The number of fused-ring (bicyclic) bond motifs is 1. The summed E-state index contributed by atoms with van der Waals surface area (Å²) in [5.41, 5.74) is 7.91. The minimum absolute atomic E-state index is 0.122. The molecule has 0 aliphatic carbocycles. The minimum Gasteiger partial charge on any atom is -0.421 e. The first-order valence-electron chi connectivity index (χ1n) is 8.09. The first-order chi connectivity index (χ1) is 13.1. The van der Waals surface area contributed by atoms with Crippen molar-refractivity contribution in [3.63, 3.8) is 0 Å². The molecule has 27 heavy (non-hydrogen) atoms. The Morgan fingerprint density at radius 1 is 1.19 bits per heavy atom. The van der Waals surface area contributed by atoms with Gasteiger partial charge in [-0.25, -0.2) is 14.5 Å². The van der Waals surface area contributed by atoms with E-state index in [9.17, 15) is 4.79 Å². The monoisotopic (exact) mass is 379 g/mol. The van der Waals surface area contributed by atoms with Gasteiger partial charge in [0.1, 0.15) is 17.1 Å². The molecule has 2 aromatic heterocycles. The predicted octanol–water partition coefficient (Wildman–Crippen LogP) is 3.27. The van der Waals surface area contributed by atoms with Gasteiger partial charge in [-0.1, -0.05) is 35.5 Å². The smallest absolute Gasteiger partial charge is 0.362 e. The number of halogens is 1. The normalized spacial score (nSPS) is 11.8. The van der Waals surface area contributed by atoms with Crippen LogP contribution in [0.4, 0.5) is 5.69 Å². The van der Waals surface area contributed by atoms with Crippen molar-refractivity contribution >= 4 is 34.1 Å². The summed E-state index contributed by atoms with van der Waals surface area (Å²) in [5, 5.41) is 8.91. The minimum atomic E-state index is -0.529. The van der Waals surface area contributed by atoms with Crippen LogP contribution in [0, 0.1) is 0 Å². The quantitative estimate of drug-likeness (QED) is 0.254. The number of aromatic nitrogens is 3. The van der Waals surface area contributed by atoms with Gasteiger partial charge in [0.2, 0.25) is 0 Å². The lowest BCUT2D eigenvalue weighted by Gasteiger charge is -2.03. The number of benzene rings is 2. The van der Waals surface area contributed by atoms with Crippen molar-refractivity contribution in [3.05, 3.63) is 71.2 Å². The molecule has 0 unspecified atom stereocenters. The molecule has 2 N–H and O–H groups in total. The largest absolute Gasteiger partial charge is 0.421 e. The van der Waals surface area contributed by atoms with E-state index in [0.29, 0.717) is 17.0 Å². The van der Waals surface area contributed by atoms with E-state index in [1.54, 1.807) is 30.5 Å². The Balaban J connectivity index is 1.75. The molecule has 4 aromatic rings. The van der Waals surface area contributed by atoms with Crippen LogP contribution in [0.2, 0.25) is 0 Å². The van der Waals surface area contributed by atoms with Crippen LogP contribution in [0.25, 0.3) is 27.9 Å². The second-order valence-electron chi connectivity index (χ2n) is 5.79. The summed E-state index contributed by atoms with van der Waals surface area (Å²) in [5.74, 6) is 0.405. The molecule has 0 fully saturated rings.